The minimum atomic E-state index is -0.0462. The van der Waals surface area contributed by atoms with Crippen molar-refractivity contribution in [1.29, 1.82) is 0 Å². The lowest BCUT2D eigenvalue weighted by Crippen LogP contribution is -2.21. The Hall–Kier alpha value is -0.380. The van der Waals surface area contributed by atoms with E-state index < -0.39 is 0 Å². The Morgan fingerprint density at radius 1 is 1.31 bits per heavy atom. The van der Waals surface area contributed by atoms with E-state index in [1.165, 1.54) is 6.33 Å². The Labute approximate surface area is 86.3 Å². The maximum Gasteiger partial charge on any atom is 0.137 e. The smallest absolute Gasteiger partial charge is 0.137 e. The highest BCUT2D eigenvalue weighted by Crippen LogP contribution is 2.50. The molecule has 1 heterocycles. The molecule has 0 bridgehead atoms. The molecule has 0 aliphatic heterocycles. The van der Waals surface area contributed by atoms with Crippen LogP contribution in [0, 0.1) is 0 Å². The number of hydrogen-bond acceptors (Lipinski definition) is 3. The Morgan fingerprint density at radius 2 is 1.85 bits per heavy atom. The fourth-order valence-corrected chi connectivity index (χ4v) is 2.20. The van der Waals surface area contributed by atoms with Gasteiger partial charge in [0.1, 0.15) is 16.6 Å². The van der Waals surface area contributed by atoms with Crippen LogP contribution >= 0.6 is 23.2 Å². The molecule has 0 saturated heterocycles. The van der Waals surface area contributed by atoms with E-state index in [1.807, 2.05) is 0 Å². The van der Waals surface area contributed by atoms with Gasteiger partial charge in [0.15, 0.2) is 0 Å². The summed E-state index contributed by atoms with van der Waals surface area (Å²) >= 11 is 11.9. The topological polar surface area (TPSA) is 51.8 Å². The first-order valence-electron chi connectivity index (χ1n) is 4.06. The minimum Gasteiger partial charge on any atom is -0.330 e. The van der Waals surface area contributed by atoms with Gasteiger partial charge in [-0.2, -0.15) is 0 Å². The molecule has 1 aromatic rings. The standard InChI is InChI=1S/C8H9Cl2N3/c9-6-5(7(10)13-4-12-6)8(3-11)1-2-8/h4H,1-3,11H2. The van der Waals surface area contributed by atoms with E-state index in [9.17, 15) is 0 Å². The van der Waals surface area contributed by atoms with Crippen molar-refractivity contribution >= 4 is 23.2 Å². The molecule has 1 aliphatic rings. The van der Waals surface area contributed by atoms with Crippen molar-refractivity contribution in [3.63, 3.8) is 0 Å². The molecule has 0 atom stereocenters. The van der Waals surface area contributed by atoms with Crippen LogP contribution in [0.1, 0.15) is 18.4 Å². The number of nitrogens with two attached hydrogens (primary N) is 1. The highest BCUT2D eigenvalue weighted by Gasteiger charge is 2.46. The van der Waals surface area contributed by atoms with E-state index in [0.717, 1.165) is 18.4 Å². The summed E-state index contributed by atoms with van der Waals surface area (Å²) in [5.41, 5.74) is 6.44. The molecule has 2 N–H and O–H groups in total. The average Bonchev–Trinajstić information content (AvgIpc) is 2.85. The van der Waals surface area contributed by atoms with Crippen LogP contribution in [-0.4, -0.2) is 16.5 Å². The van der Waals surface area contributed by atoms with Gasteiger partial charge in [-0.3, -0.25) is 0 Å². The Balaban J connectivity index is 2.50. The third-order valence-electron chi connectivity index (χ3n) is 2.53. The predicted octanol–water partition coefficient (Wildman–Crippen LogP) is 1.77. The second kappa shape index (κ2) is 3.08. The maximum absolute atomic E-state index is 5.94. The van der Waals surface area contributed by atoms with Crippen LogP contribution in [0.2, 0.25) is 10.3 Å². The first kappa shape index (κ1) is 9.19. The predicted molar refractivity (Wildman–Crippen MR) is 52.0 cm³/mol. The van der Waals surface area contributed by atoms with Gasteiger partial charge in [-0.05, 0) is 12.8 Å². The van der Waals surface area contributed by atoms with E-state index in [2.05, 4.69) is 9.97 Å². The SMILES string of the molecule is NCC1(c2c(Cl)ncnc2Cl)CC1. The Bertz CT molecular complexity index is 316. The minimum absolute atomic E-state index is 0.0462. The summed E-state index contributed by atoms with van der Waals surface area (Å²) in [6.07, 6.45) is 3.41. The molecular weight excluding hydrogens is 209 g/mol. The number of aromatic nitrogens is 2. The lowest BCUT2D eigenvalue weighted by atomic mass is 9.99. The second-order valence-electron chi connectivity index (χ2n) is 3.31. The summed E-state index contributed by atoms with van der Waals surface area (Å²) < 4.78 is 0. The molecule has 0 aromatic carbocycles. The van der Waals surface area contributed by atoms with Crippen molar-refractivity contribution in [1.82, 2.24) is 9.97 Å². The van der Waals surface area contributed by atoms with E-state index in [-0.39, 0.29) is 5.41 Å². The van der Waals surface area contributed by atoms with Gasteiger partial charge in [0.05, 0.1) is 0 Å². The molecule has 13 heavy (non-hydrogen) atoms. The Morgan fingerprint density at radius 3 is 2.23 bits per heavy atom. The van der Waals surface area contributed by atoms with Gasteiger partial charge in [0.2, 0.25) is 0 Å². The molecule has 1 aromatic heterocycles. The number of halogens is 2. The third-order valence-corrected chi connectivity index (χ3v) is 3.10. The summed E-state index contributed by atoms with van der Waals surface area (Å²) in [6.45, 7) is 0.555. The summed E-state index contributed by atoms with van der Waals surface area (Å²) in [7, 11) is 0. The van der Waals surface area contributed by atoms with Gasteiger partial charge in [-0.1, -0.05) is 23.2 Å². The van der Waals surface area contributed by atoms with Crippen molar-refractivity contribution in [3.05, 3.63) is 22.2 Å². The van der Waals surface area contributed by atoms with Crippen molar-refractivity contribution in [3.8, 4) is 0 Å². The summed E-state index contributed by atoms with van der Waals surface area (Å²) in [4.78, 5) is 7.82. The molecule has 1 fully saturated rings. The molecule has 0 spiro atoms. The average molecular weight is 218 g/mol. The van der Waals surface area contributed by atoms with Crippen LogP contribution in [0.3, 0.4) is 0 Å². The van der Waals surface area contributed by atoms with Crippen molar-refractivity contribution in [2.24, 2.45) is 5.73 Å². The molecule has 70 valence electrons. The van der Waals surface area contributed by atoms with Gasteiger partial charge in [-0.25, -0.2) is 9.97 Å². The molecule has 1 aliphatic carbocycles. The van der Waals surface area contributed by atoms with Crippen molar-refractivity contribution < 1.29 is 0 Å². The number of rotatable bonds is 2. The van der Waals surface area contributed by atoms with Crippen LogP contribution < -0.4 is 5.73 Å². The molecule has 0 radical (unpaired) electrons. The fraction of sp³-hybridized carbons (Fsp3) is 0.500. The van der Waals surface area contributed by atoms with E-state index in [4.69, 9.17) is 28.9 Å². The molecule has 0 amide bonds. The van der Waals surface area contributed by atoms with Gasteiger partial charge in [0.25, 0.3) is 0 Å². The molecular formula is C8H9Cl2N3. The van der Waals surface area contributed by atoms with E-state index in [1.54, 1.807) is 0 Å². The van der Waals surface area contributed by atoms with E-state index >= 15 is 0 Å². The lowest BCUT2D eigenvalue weighted by molar-refractivity contribution is 0.696. The third kappa shape index (κ3) is 1.41. The highest BCUT2D eigenvalue weighted by atomic mass is 35.5. The first-order chi connectivity index (χ1) is 6.19. The monoisotopic (exact) mass is 217 g/mol. The zero-order valence-corrected chi connectivity index (χ0v) is 8.44. The quantitative estimate of drug-likeness (QED) is 0.769. The van der Waals surface area contributed by atoms with Crippen LogP contribution in [0.25, 0.3) is 0 Å². The largest absolute Gasteiger partial charge is 0.330 e. The fourth-order valence-electron chi connectivity index (χ4n) is 1.49. The van der Waals surface area contributed by atoms with E-state index in [0.29, 0.717) is 16.9 Å². The zero-order valence-electron chi connectivity index (χ0n) is 6.93. The van der Waals surface area contributed by atoms with Crippen molar-refractivity contribution in [2.75, 3.05) is 6.54 Å². The molecule has 2 rings (SSSR count). The van der Waals surface area contributed by atoms with Gasteiger partial charge < -0.3 is 5.73 Å². The maximum atomic E-state index is 5.94. The number of hydrogen-bond donors (Lipinski definition) is 1. The highest BCUT2D eigenvalue weighted by molar-refractivity contribution is 6.34. The Kier molecular flexibility index (Phi) is 2.18. The second-order valence-corrected chi connectivity index (χ2v) is 4.03. The van der Waals surface area contributed by atoms with Gasteiger partial charge in [0, 0.05) is 17.5 Å². The van der Waals surface area contributed by atoms with Crippen LogP contribution in [-0.2, 0) is 5.41 Å². The molecule has 0 unspecified atom stereocenters. The van der Waals surface area contributed by atoms with Crippen LogP contribution in [0.5, 0.6) is 0 Å². The molecule has 5 heteroatoms. The van der Waals surface area contributed by atoms with Gasteiger partial charge >= 0.3 is 0 Å². The zero-order chi connectivity index (χ0) is 9.47. The number of nitrogens with zero attached hydrogens (tertiary/aromatic N) is 2. The lowest BCUT2D eigenvalue weighted by Gasteiger charge is -2.14. The van der Waals surface area contributed by atoms with Crippen LogP contribution in [0.15, 0.2) is 6.33 Å². The summed E-state index contributed by atoms with van der Waals surface area (Å²) in [6, 6.07) is 0. The molecule has 1 saturated carbocycles. The normalized spacial score (nSPS) is 18.7. The van der Waals surface area contributed by atoms with Crippen molar-refractivity contribution in [2.45, 2.75) is 18.3 Å². The summed E-state index contributed by atoms with van der Waals surface area (Å²) in [5, 5.41) is 0.867. The van der Waals surface area contributed by atoms with Crippen LogP contribution in [0.4, 0.5) is 0 Å². The molecule has 3 nitrogen and oxygen atoms in total. The van der Waals surface area contributed by atoms with Gasteiger partial charge in [-0.15, -0.1) is 0 Å². The first-order valence-corrected chi connectivity index (χ1v) is 4.82. The summed E-state index contributed by atoms with van der Waals surface area (Å²) in [5.74, 6) is 0.